The van der Waals surface area contributed by atoms with Gasteiger partial charge in [-0.2, -0.15) is 0 Å². The van der Waals surface area contributed by atoms with Crippen molar-refractivity contribution in [1.82, 2.24) is 9.97 Å². The van der Waals surface area contributed by atoms with E-state index in [0.29, 0.717) is 23.6 Å². The van der Waals surface area contributed by atoms with Crippen LogP contribution in [-0.2, 0) is 6.42 Å². The van der Waals surface area contributed by atoms with Gasteiger partial charge in [-0.05, 0) is 12.8 Å². The van der Waals surface area contributed by atoms with Gasteiger partial charge >= 0.3 is 0 Å². The maximum atomic E-state index is 11.7. The molecule has 5 nitrogen and oxygen atoms in total. The molecular weight excluding hydrogens is 192 g/mol. The highest BCUT2D eigenvalue weighted by molar-refractivity contribution is 5.39. The number of aromatic nitrogens is 2. The lowest BCUT2D eigenvalue weighted by Gasteiger charge is -2.10. The SMILES string of the molecule is CC(N)Cc1nc(N)c(C(C)C)c(=O)[nH]1. The average Bonchev–Trinajstić information content (AvgIpc) is 1.99. The van der Waals surface area contributed by atoms with Crippen molar-refractivity contribution >= 4 is 5.82 Å². The molecule has 1 aromatic heterocycles. The lowest BCUT2D eigenvalue weighted by molar-refractivity contribution is 0.693. The van der Waals surface area contributed by atoms with Crippen LogP contribution < -0.4 is 17.0 Å². The molecule has 0 bridgehead atoms. The van der Waals surface area contributed by atoms with Gasteiger partial charge in [-0.25, -0.2) is 4.98 Å². The molecule has 0 aliphatic heterocycles. The summed E-state index contributed by atoms with van der Waals surface area (Å²) in [5, 5.41) is 0. The first-order chi connectivity index (χ1) is 6.91. The number of aromatic amines is 1. The van der Waals surface area contributed by atoms with Crippen LogP contribution >= 0.6 is 0 Å². The van der Waals surface area contributed by atoms with Crippen LogP contribution in [0.1, 0.15) is 38.1 Å². The molecule has 0 radical (unpaired) electrons. The van der Waals surface area contributed by atoms with Crippen molar-refractivity contribution < 1.29 is 0 Å². The Morgan fingerprint density at radius 2 is 2.00 bits per heavy atom. The molecule has 1 aromatic rings. The topological polar surface area (TPSA) is 97.8 Å². The van der Waals surface area contributed by atoms with Crippen LogP contribution in [-0.4, -0.2) is 16.0 Å². The molecule has 0 aliphatic carbocycles. The summed E-state index contributed by atoms with van der Waals surface area (Å²) in [6.45, 7) is 5.67. The molecule has 0 saturated heterocycles. The molecule has 0 fully saturated rings. The van der Waals surface area contributed by atoms with E-state index < -0.39 is 0 Å². The van der Waals surface area contributed by atoms with Crippen molar-refractivity contribution in [3.63, 3.8) is 0 Å². The molecule has 1 unspecified atom stereocenters. The Morgan fingerprint density at radius 3 is 2.40 bits per heavy atom. The predicted octanol–water partition coefficient (Wildman–Crippen LogP) is 0.365. The number of anilines is 1. The largest absolute Gasteiger partial charge is 0.383 e. The van der Waals surface area contributed by atoms with E-state index in [0.717, 1.165) is 0 Å². The fourth-order valence-electron chi connectivity index (χ4n) is 1.51. The maximum absolute atomic E-state index is 11.7. The van der Waals surface area contributed by atoms with E-state index in [1.165, 1.54) is 0 Å². The number of nitrogen functional groups attached to an aromatic ring is 1. The van der Waals surface area contributed by atoms with Crippen LogP contribution in [0.15, 0.2) is 4.79 Å². The molecule has 1 heterocycles. The number of nitrogens with two attached hydrogens (primary N) is 2. The summed E-state index contributed by atoms with van der Waals surface area (Å²) in [5.41, 5.74) is 11.7. The van der Waals surface area contributed by atoms with Crippen molar-refractivity contribution in [1.29, 1.82) is 0 Å². The van der Waals surface area contributed by atoms with Crippen LogP contribution in [0, 0.1) is 0 Å². The Kier molecular flexibility index (Phi) is 3.47. The molecule has 0 aliphatic rings. The van der Waals surface area contributed by atoms with E-state index in [9.17, 15) is 4.79 Å². The molecule has 1 rings (SSSR count). The lowest BCUT2D eigenvalue weighted by atomic mass is 10.1. The van der Waals surface area contributed by atoms with Crippen molar-refractivity contribution in [2.45, 2.75) is 39.2 Å². The third kappa shape index (κ3) is 2.79. The van der Waals surface area contributed by atoms with Gasteiger partial charge in [0.15, 0.2) is 0 Å². The van der Waals surface area contributed by atoms with Crippen LogP contribution in [0.4, 0.5) is 5.82 Å². The molecule has 1 atom stereocenters. The van der Waals surface area contributed by atoms with E-state index >= 15 is 0 Å². The molecule has 0 spiro atoms. The van der Waals surface area contributed by atoms with Crippen LogP contribution in [0.5, 0.6) is 0 Å². The van der Waals surface area contributed by atoms with E-state index in [2.05, 4.69) is 9.97 Å². The Hall–Kier alpha value is -1.36. The zero-order valence-electron chi connectivity index (χ0n) is 9.37. The van der Waals surface area contributed by atoms with E-state index in [1.807, 2.05) is 20.8 Å². The molecule has 5 heteroatoms. The van der Waals surface area contributed by atoms with Gasteiger partial charge in [-0.15, -0.1) is 0 Å². The highest BCUT2D eigenvalue weighted by Crippen LogP contribution is 2.14. The Bertz CT molecular complexity index is 395. The second-order valence-corrected chi connectivity index (χ2v) is 4.15. The third-order valence-electron chi connectivity index (χ3n) is 2.13. The number of hydrogen-bond acceptors (Lipinski definition) is 4. The van der Waals surface area contributed by atoms with Crippen molar-refractivity contribution in [3.8, 4) is 0 Å². The van der Waals surface area contributed by atoms with Crippen LogP contribution in [0.2, 0.25) is 0 Å². The normalized spacial score (nSPS) is 13.1. The van der Waals surface area contributed by atoms with E-state index in [-0.39, 0.29) is 17.5 Å². The predicted molar refractivity (Wildman–Crippen MR) is 60.7 cm³/mol. The molecule has 15 heavy (non-hydrogen) atoms. The van der Waals surface area contributed by atoms with E-state index in [4.69, 9.17) is 11.5 Å². The van der Waals surface area contributed by atoms with Gasteiger partial charge in [0.05, 0.1) is 5.56 Å². The second kappa shape index (κ2) is 4.44. The van der Waals surface area contributed by atoms with Gasteiger partial charge in [0.25, 0.3) is 5.56 Å². The highest BCUT2D eigenvalue weighted by Gasteiger charge is 2.12. The maximum Gasteiger partial charge on any atom is 0.256 e. The fourth-order valence-corrected chi connectivity index (χ4v) is 1.51. The molecule has 84 valence electrons. The standard InChI is InChI=1S/C10H18N4O/c1-5(2)8-9(12)13-7(4-6(3)11)14-10(8)15/h5-6H,4,11H2,1-3H3,(H3,12,13,14,15). The average molecular weight is 210 g/mol. The number of H-pyrrole nitrogens is 1. The number of nitrogens with one attached hydrogen (secondary N) is 1. The number of rotatable bonds is 3. The Labute approximate surface area is 88.9 Å². The summed E-state index contributed by atoms with van der Waals surface area (Å²) in [7, 11) is 0. The smallest absolute Gasteiger partial charge is 0.256 e. The number of nitrogens with zero attached hydrogens (tertiary/aromatic N) is 1. The zero-order chi connectivity index (χ0) is 11.6. The second-order valence-electron chi connectivity index (χ2n) is 4.15. The first-order valence-corrected chi connectivity index (χ1v) is 5.06. The van der Waals surface area contributed by atoms with Crippen molar-refractivity contribution in [2.75, 3.05) is 5.73 Å². The molecular formula is C10H18N4O. The fraction of sp³-hybridized carbons (Fsp3) is 0.600. The quantitative estimate of drug-likeness (QED) is 0.671. The summed E-state index contributed by atoms with van der Waals surface area (Å²) < 4.78 is 0. The van der Waals surface area contributed by atoms with Gasteiger partial charge < -0.3 is 16.5 Å². The zero-order valence-corrected chi connectivity index (χ0v) is 9.37. The van der Waals surface area contributed by atoms with Crippen LogP contribution in [0.25, 0.3) is 0 Å². The van der Waals surface area contributed by atoms with Gasteiger partial charge in [0.2, 0.25) is 0 Å². The van der Waals surface area contributed by atoms with Gasteiger partial charge in [-0.1, -0.05) is 13.8 Å². The minimum absolute atomic E-state index is 0.0440. The van der Waals surface area contributed by atoms with E-state index in [1.54, 1.807) is 0 Å². The number of hydrogen-bond donors (Lipinski definition) is 3. The molecule has 5 N–H and O–H groups in total. The minimum Gasteiger partial charge on any atom is -0.383 e. The highest BCUT2D eigenvalue weighted by atomic mass is 16.1. The monoisotopic (exact) mass is 210 g/mol. The minimum atomic E-state index is -0.159. The van der Waals surface area contributed by atoms with Crippen molar-refractivity contribution in [3.05, 3.63) is 21.7 Å². The first kappa shape index (κ1) is 11.7. The van der Waals surface area contributed by atoms with Gasteiger partial charge in [0.1, 0.15) is 11.6 Å². The summed E-state index contributed by atoms with van der Waals surface area (Å²) in [4.78, 5) is 18.5. The van der Waals surface area contributed by atoms with Crippen molar-refractivity contribution in [2.24, 2.45) is 5.73 Å². The molecule has 0 saturated carbocycles. The van der Waals surface area contributed by atoms with Gasteiger partial charge in [-0.3, -0.25) is 4.79 Å². The summed E-state index contributed by atoms with van der Waals surface area (Å²) in [6, 6.07) is -0.0440. The first-order valence-electron chi connectivity index (χ1n) is 5.06. The van der Waals surface area contributed by atoms with Gasteiger partial charge in [0, 0.05) is 12.5 Å². The lowest BCUT2D eigenvalue weighted by Crippen LogP contribution is -2.25. The summed E-state index contributed by atoms with van der Waals surface area (Å²) >= 11 is 0. The molecule has 0 amide bonds. The summed E-state index contributed by atoms with van der Waals surface area (Å²) in [5.74, 6) is 0.937. The Balaban J connectivity index is 3.14. The van der Waals surface area contributed by atoms with Crippen LogP contribution in [0.3, 0.4) is 0 Å². The third-order valence-corrected chi connectivity index (χ3v) is 2.13. The molecule has 0 aromatic carbocycles. The Morgan fingerprint density at radius 1 is 1.40 bits per heavy atom. The summed E-state index contributed by atoms with van der Waals surface area (Å²) in [6.07, 6.45) is 0.526.